The minimum Gasteiger partial charge on any atom is -0.323 e. The number of hydrogen-bond acceptors (Lipinski definition) is 5. The van der Waals surface area contributed by atoms with Gasteiger partial charge < -0.3 is 10.6 Å². The Bertz CT molecular complexity index is 986. The van der Waals surface area contributed by atoms with E-state index in [0.29, 0.717) is 36.4 Å². The third-order valence-corrected chi connectivity index (χ3v) is 6.30. The van der Waals surface area contributed by atoms with Crippen LogP contribution in [0.15, 0.2) is 24.4 Å². The Balaban J connectivity index is 1.34. The molecule has 4 rings (SSSR count). The second-order valence-electron chi connectivity index (χ2n) is 7.30. The highest BCUT2D eigenvalue weighted by Crippen LogP contribution is 2.35. The van der Waals surface area contributed by atoms with E-state index in [1.807, 2.05) is 0 Å². The van der Waals surface area contributed by atoms with Crippen LogP contribution in [-0.2, 0) is 16.0 Å². The van der Waals surface area contributed by atoms with Gasteiger partial charge in [-0.3, -0.25) is 14.9 Å². The molecule has 1 aromatic carbocycles. The van der Waals surface area contributed by atoms with Crippen molar-refractivity contribution in [3.05, 3.63) is 46.5 Å². The Morgan fingerprint density at radius 2 is 2.03 bits per heavy atom. The smallest absolute Gasteiger partial charge is 0.322 e. The van der Waals surface area contributed by atoms with E-state index in [4.69, 9.17) is 0 Å². The van der Waals surface area contributed by atoms with Gasteiger partial charge in [0.15, 0.2) is 5.13 Å². The van der Waals surface area contributed by atoms with Crippen LogP contribution >= 0.6 is 11.3 Å². The van der Waals surface area contributed by atoms with E-state index in [1.165, 1.54) is 23.5 Å². The molecule has 1 saturated carbocycles. The number of nitrogens with zero attached hydrogens (tertiary/aromatic N) is 1. The summed E-state index contributed by atoms with van der Waals surface area (Å²) in [5.74, 6) is -2.07. The lowest BCUT2D eigenvalue weighted by molar-refractivity contribution is -0.128. The molecule has 29 heavy (non-hydrogen) atoms. The number of halogens is 2. The third kappa shape index (κ3) is 3.98. The number of nitrogens with one attached hydrogen (secondary N) is 3. The fraction of sp³-hybridized carbons (Fsp3) is 0.368. The normalized spacial score (nSPS) is 23.7. The molecule has 2 aliphatic rings. The Kier molecular flexibility index (Phi) is 5.03. The van der Waals surface area contributed by atoms with Crippen LogP contribution in [0.5, 0.6) is 0 Å². The summed E-state index contributed by atoms with van der Waals surface area (Å²) in [7, 11) is 0. The van der Waals surface area contributed by atoms with Crippen LogP contribution in [0.3, 0.4) is 0 Å². The lowest BCUT2D eigenvalue weighted by Gasteiger charge is -2.33. The molecule has 2 aromatic rings. The number of carbonyl (C=O) groups is 3. The first kappa shape index (κ1) is 19.4. The van der Waals surface area contributed by atoms with Crippen LogP contribution in [0.2, 0.25) is 0 Å². The molecule has 0 bridgehead atoms. The Morgan fingerprint density at radius 3 is 2.69 bits per heavy atom. The molecule has 3 N–H and O–H groups in total. The highest BCUT2D eigenvalue weighted by Gasteiger charge is 2.48. The third-order valence-electron chi connectivity index (χ3n) is 5.39. The summed E-state index contributed by atoms with van der Waals surface area (Å²) in [6.45, 7) is 0. The molecule has 2 heterocycles. The minimum atomic E-state index is -0.901. The monoisotopic (exact) mass is 420 g/mol. The molecule has 7 nitrogen and oxygen atoms in total. The highest BCUT2D eigenvalue weighted by atomic mass is 32.1. The number of benzene rings is 1. The highest BCUT2D eigenvalue weighted by molar-refractivity contribution is 7.15. The molecular formula is C19H18F2N4O3S. The summed E-state index contributed by atoms with van der Waals surface area (Å²) in [6, 6.07) is 2.93. The Hall–Kier alpha value is -2.88. The van der Waals surface area contributed by atoms with E-state index in [1.54, 1.807) is 6.20 Å². The van der Waals surface area contributed by atoms with Gasteiger partial charge in [-0.2, -0.15) is 0 Å². The number of urea groups is 1. The molecule has 152 valence electrons. The average molecular weight is 420 g/mol. The van der Waals surface area contributed by atoms with E-state index < -0.39 is 23.2 Å². The molecular weight excluding hydrogens is 402 g/mol. The lowest BCUT2D eigenvalue weighted by atomic mass is 9.76. The van der Waals surface area contributed by atoms with Gasteiger partial charge in [0.25, 0.3) is 5.91 Å². The van der Waals surface area contributed by atoms with Gasteiger partial charge in [0.1, 0.15) is 17.2 Å². The first-order valence-electron chi connectivity index (χ1n) is 9.18. The number of hydrogen-bond donors (Lipinski definition) is 3. The van der Waals surface area contributed by atoms with Crippen molar-refractivity contribution >= 4 is 34.3 Å². The number of amides is 4. The second-order valence-corrected chi connectivity index (χ2v) is 8.41. The first-order chi connectivity index (χ1) is 13.8. The largest absolute Gasteiger partial charge is 0.323 e. The van der Waals surface area contributed by atoms with Crippen molar-refractivity contribution in [1.82, 2.24) is 15.6 Å². The summed E-state index contributed by atoms with van der Waals surface area (Å²) in [5.41, 5.74) is -0.552. The van der Waals surface area contributed by atoms with Gasteiger partial charge in [0, 0.05) is 29.5 Å². The van der Waals surface area contributed by atoms with Gasteiger partial charge in [-0.05, 0) is 37.3 Å². The maximum absolute atomic E-state index is 13.8. The second kappa shape index (κ2) is 7.51. The topological polar surface area (TPSA) is 100 Å². The van der Waals surface area contributed by atoms with Gasteiger partial charge in [0.05, 0.1) is 0 Å². The number of rotatable bonds is 4. The molecule has 4 amide bonds. The molecule has 1 spiro atoms. The van der Waals surface area contributed by atoms with E-state index in [2.05, 4.69) is 20.9 Å². The van der Waals surface area contributed by atoms with Crippen LogP contribution in [-0.4, -0.2) is 28.4 Å². The zero-order valence-electron chi connectivity index (χ0n) is 15.3. The zero-order valence-corrected chi connectivity index (χ0v) is 16.1. The van der Waals surface area contributed by atoms with Gasteiger partial charge in [-0.25, -0.2) is 18.6 Å². The van der Waals surface area contributed by atoms with E-state index >= 15 is 0 Å². The summed E-state index contributed by atoms with van der Waals surface area (Å²) < 4.78 is 26.8. The van der Waals surface area contributed by atoms with E-state index in [0.717, 1.165) is 10.9 Å². The van der Waals surface area contributed by atoms with Crippen molar-refractivity contribution in [3.8, 4) is 0 Å². The molecule has 1 aromatic heterocycles. The van der Waals surface area contributed by atoms with Crippen LogP contribution in [0.4, 0.5) is 18.7 Å². The fourth-order valence-corrected chi connectivity index (χ4v) is 4.60. The van der Waals surface area contributed by atoms with Crippen LogP contribution < -0.4 is 16.0 Å². The van der Waals surface area contributed by atoms with Crippen LogP contribution in [0.1, 0.15) is 36.1 Å². The van der Waals surface area contributed by atoms with Crippen LogP contribution in [0, 0.1) is 17.6 Å². The summed E-state index contributed by atoms with van der Waals surface area (Å²) in [5, 5.41) is 8.08. The van der Waals surface area contributed by atoms with Crippen molar-refractivity contribution in [1.29, 1.82) is 0 Å². The van der Waals surface area contributed by atoms with E-state index in [-0.39, 0.29) is 24.2 Å². The number of imide groups is 1. The van der Waals surface area contributed by atoms with Gasteiger partial charge >= 0.3 is 6.03 Å². The molecule has 1 aliphatic carbocycles. The predicted octanol–water partition coefficient (Wildman–Crippen LogP) is 2.72. The Morgan fingerprint density at radius 1 is 1.28 bits per heavy atom. The number of carbonyl (C=O) groups excluding carboxylic acids is 3. The molecule has 2 fully saturated rings. The van der Waals surface area contributed by atoms with Crippen LogP contribution in [0.25, 0.3) is 0 Å². The number of anilines is 1. The van der Waals surface area contributed by atoms with Crippen molar-refractivity contribution in [2.24, 2.45) is 5.92 Å². The molecule has 0 radical (unpaired) electrons. The first-order valence-corrected chi connectivity index (χ1v) is 9.99. The van der Waals surface area contributed by atoms with E-state index in [9.17, 15) is 23.2 Å². The van der Waals surface area contributed by atoms with Crippen molar-refractivity contribution < 1.29 is 23.2 Å². The molecule has 0 unspecified atom stereocenters. The summed E-state index contributed by atoms with van der Waals surface area (Å²) in [4.78, 5) is 40.8. The fourth-order valence-electron chi connectivity index (χ4n) is 3.76. The average Bonchev–Trinajstić information content (AvgIpc) is 3.22. The van der Waals surface area contributed by atoms with Crippen molar-refractivity contribution in [2.45, 2.75) is 37.6 Å². The van der Waals surface area contributed by atoms with Gasteiger partial charge in [-0.1, -0.05) is 6.07 Å². The van der Waals surface area contributed by atoms with Gasteiger partial charge in [0.2, 0.25) is 5.91 Å². The number of thiazole rings is 1. The summed E-state index contributed by atoms with van der Waals surface area (Å²) in [6.07, 6.45) is 3.54. The Labute approximate surface area is 168 Å². The summed E-state index contributed by atoms with van der Waals surface area (Å²) >= 11 is 1.23. The molecule has 0 atom stereocenters. The van der Waals surface area contributed by atoms with Gasteiger partial charge in [-0.15, -0.1) is 11.3 Å². The SMILES string of the molecule is O=C1NC(=O)C2(CCC(C(=O)Nc3ncc(Cc4ccc(F)cc4F)s3)CC2)N1. The molecule has 1 aliphatic heterocycles. The van der Waals surface area contributed by atoms with Crippen molar-refractivity contribution in [3.63, 3.8) is 0 Å². The molecule has 1 saturated heterocycles. The lowest BCUT2D eigenvalue weighted by Crippen LogP contribution is -2.50. The standard InChI is InChI=1S/C19H18F2N4O3S/c20-12-2-1-11(14(21)8-12)7-13-9-22-18(29-13)23-15(26)10-3-5-19(6-4-10)16(27)24-17(28)25-19/h1-2,8-10H,3-7H2,(H,22,23,26)(H2,24,25,27,28). The van der Waals surface area contributed by atoms with Crippen molar-refractivity contribution in [2.75, 3.05) is 5.32 Å². The maximum atomic E-state index is 13.8. The maximum Gasteiger partial charge on any atom is 0.322 e. The zero-order chi connectivity index (χ0) is 20.6. The predicted molar refractivity (Wildman–Crippen MR) is 101 cm³/mol. The molecule has 10 heteroatoms. The quantitative estimate of drug-likeness (QED) is 0.662. The minimum absolute atomic E-state index is 0.196. The number of aromatic nitrogens is 1.